The van der Waals surface area contributed by atoms with Crippen molar-refractivity contribution >= 4 is 11.8 Å². The van der Waals surface area contributed by atoms with Gasteiger partial charge in [-0.25, -0.2) is 0 Å². The van der Waals surface area contributed by atoms with Crippen molar-refractivity contribution in [2.45, 2.75) is 54.3 Å². The number of rotatable bonds is 4. The molecule has 1 aromatic carbocycles. The molecule has 1 atom stereocenters. The molecule has 0 spiro atoms. The van der Waals surface area contributed by atoms with Gasteiger partial charge < -0.3 is 10.2 Å². The molecule has 1 saturated carbocycles. The van der Waals surface area contributed by atoms with E-state index >= 15 is 0 Å². The molecule has 0 aromatic heterocycles. The Morgan fingerprint density at radius 1 is 1.20 bits per heavy atom. The number of thioether (sulfide) groups is 1. The van der Waals surface area contributed by atoms with Crippen LogP contribution in [0.3, 0.4) is 0 Å². The average Bonchev–Trinajstić information content (AvgIpc) is 2.89. The van der Waals surface area contributed by atoms with Crippen molar-refractivity contribution in [3.05, 3.63) is 29.8 Å². The molecule has 0 saturated heterocycles. The zero-order valence-electron chi connectivity index (χ0n) is 12.6. The zero-order valence-corrected chi connectivity index (χ0v) is 13.5. The Labute approximate surface area is 127 Å². The van der Waals surface area contributed by atoms with Crippen LogP contribution in [0.4, 0.5) is 0 Å². The van der Waals surface area contributed by atoms with Gasteiger partial charge in [0.15, 0.2) is 0 Å². The van der Waals surface area contributed by atoms with Gasteiger partial charge in [-0.2, -0.15) is 0 Å². The molecule has 2 aliphatic rings. The summed E-state index contributed by atoms with van der Waals surface area (Å²) in [6.45, 7) is 1.23. The van der Waals surface area contributed by atoms with E-state index in [1.807, 2.05) is 0 Å². The van der Waals surface area contributed by atoms with Crippen LogP contribution >= 0.6 is 11.8 Å². The second-order valence-corrected chi connectivity index (χ2v) is 7.63. The molecule has 1 aromatic rings. The number of nitrogens with one attached hydrogen (secondary N) is 1. The molecule has 0 radical (unpaired) electrons. The van der Waals surface area contributed by atoms with E-state index in [0.717, 1.165) is 17.3 Å². The van der Waals surface area contributed by atoms with Crippen LogP contribution in [0, 0.1) is 0 Å². The van der Waals surface area contributed by atoms with E-state index in [-0.39, 0.29) is 0 Å². The highest BCUT2D eigenvalue weighted by atomic mass is 32.2. The summed E-state index contributed by atoms with van der Waals surface area (Å²) in [4.78, 5) is 4.12. The molecule has 1 unspecified atom stereocenters. The topological polar surface area (TPSA) is 15.3 Å². The summed E-state index contributed by atoms with van der Waals surface area (Å²) in [6, 6.07) is 10.5. The van der Waals surface area contributed by atoms with E-state index < -0.39 is 0 Å². The maximum absolute atomic E-state index is 3.43. The van der Waals surface area contributed by atoms with E-state index in [0.29, 0.717) is 0 Å². The highest BCUT2D eigenvalue weighted by molar-refractivity contribution is 8.00. The Balaban J connectivity index is 1.50. The van der Waals surface area contributed by atoms with Gasteiger partial charge in [0, 0.05) is 28.8 Å². The molecule has 1 heterocycles. The molecule has 0 amide bonds. The van der Waals surface area contributed by atoms with Gasteiger partial charge in [-0.05, 0) is 57.8 Å². The molecule has 110 valence electrons. The Bertz CT molecular complexity index is 415. The third kappa shape index (κ3) is 3.21. The van der Waals surface area contributed by atoms with Crippen molar-refractivity contribution in [3.8, 4) is 0 Å². The maximum Gasteiger partial charge on any atom is 0.0263 e. The first kappa shape index (κ1) is 14.4. The first-order valence-corrected chi connectivity index (χ1v) is 8.76. The van der Waals surface area contributed by atoms with Gasteiger partial charge in [0.25, 0.3) is 0 Å². The van der Waals surface area contributed by atoms with Crippen molar-refractivity contribution in [2.24, 2.45) is 0 Å². The smallest absolute Gasteiger partial charge is 0.0263 e. The lowest BCUT2D eigenvalue weighted by atomic mass is 9.90. The third-order valence-electron chi connectivity index (χ3n) is 4.93. The Morgan fingerprint density at radius 3 is 2.65 bits per heavy atom. The molecule has 1 aliphatic carbocycles. The number of hydrogen-bond acceptors (Lipinski definition) is 3. The molecule has 3 heteroatoms. The fourth-order valence-corrected chi connectivity index (χ4v) is 5.02. The first-order chi connectivity index (χ1) is 9.76. The van der Waals surface area contributed by atoms with Crippen LogP contribution in [0.15, 0.2) is 29.2 Å². The molecule has 0 bridgehead atoms. The molecule has 20 heavy (non-hydrogen) atoms. The fraction of sp³-hybridized carbons (Fsp3) is 0.647. The standard InChI is InChI=1S/C17H26N2S/c1-18-14-7-9-15(10-8-14)19(2)12-16-11-13-5-3-4-6-17(13)20-16/h3-6,14-16,18H,7-12H2,1-2H3. The quantitative estimate of drug-likeness (QED) is 0.917. The van der Waals surface area contributed by atoms with Crippen molar-refractivity contribution in [3.63, 3.8) is 0 Å². The lowest BCUT2D eigenvalue weighted by Gasteiger charge is -2.35. The van der Waals surface area contributed by atoms with Gasteiger partial charge in [-0.15, -0.1) is 11.8 Å². The monoisotopic (exact) mass is 290 g/mol. The van der Waals surface area contributed by atoms with Crippen LogP contribution in [0.25, 0.3) is 0 Å². The molecule has 1 aliphatic heterocycles. The molecule has 1 fully saturated rings. The molecule has 2 nitrogen and oxygen atoms in total. The predicted octanol–water partition coefficient (Wildman–Crippen LogP) is 3.17. The van der Waals surface area contributed by atoms with Gasteiger partial charge >= 0.3 is 0 Å². The highest BCUT2D eigenvalue weighted by Crippen LogP contribution is 2.37. The maximum atomic E-state index is 3.43. The van der Waals surface area contributed by atoms with Gasteiger partial charge in [0.2, 0.25) is 0 Å². The van der Waals surface area contributed by atoms with Crippen LogP contribution < -0.4 is 5.32 Å². The van der Waals surface area contributed by atoms with Gasteiger partial charge in [0.1, 0.15) is 0 Å². The minimum Gasteiger partial charge on any atom is -0.317 e. The fourth-order valence-electron chi connectivity index (χ4n) is 3.63. The lowest BCUT2D eigenvalue weighted by Crippen LogP contribution is -2.42. The van der Waals surface area contributed by atoms with Crippen LogP contribution in [-0.4, -0.2) is 42.9 Å². The minimum absolute atomic E-state index is 0.749. The van der Waals surface area contributed by atoms with Crippen molar-refractivity contribution in [1.82, 2.24) is 10.2 Å². The van der Waals surface area contributed by atoms with Crippen molar-refractivity contribution in [1.29, 1.82) is 0 Å². The third-order valence-corrected chi connectivity index (χ3v) is 6.24. The summed E-state index contributed by atoms with van der Waals surface area (Å²) in [5.74, 6) is 0. The summed E-state index contributed by atoms with van der Waals surface area (Å²) < 4.78 is 0. The molecular formula is C17H26N2S. The summed E-state index contributed by atoms with van der Waals surface area (Å²) in [5, 5.41) is 4.18. The van der Waals surface area contributed by atoms with E-state index in [9.17, 15) is 0 Å². The van der Waals surface area contributed by atoms with E-state index in [1.54, 1.807) is 5.56 Å². The summed E-state index contributed by atoms with van der Waals surface area (Å²) in [6.07, 6.45) is 6.63. The van der Waals surface area contributed by atoms with Crippen LogP contribution in [0.1, 0.15) is 31.2 Å². The van der Waals surface area contributed by atoms with Crippen LogP contribution in [0.5, 0.6) is 0 Å². The van der Waals surface area contributed by atoms with E-state index in [1.165, 1.54) is 43.5 Å². The van der Waals surface area contributed by atoms with Gasteiger partial charge in [0.05, 0.1) is 0 Å². The van der Waals surface area contributed by atoms with Crippen molar-refractivity contribution in [2.75, 3.05) is 20.6 Å². The molecule has 3 rings (SSSR count). The van der Waals surface area contributed by atoms with E-state index in [4.69, 9.17) is 0 Å². The Kier molecular flexibility index (Phi) is 4.69. The normalized spacial score (nSPS) is 29.6. The largest absolute Gasteiger partial charge is 0.317 e. The van der Waals surface area contributed by atoms with Crippen LogP contribution in [0.2, 0.25) is 0 Å². The SMILES string of the molecule is CNC1CCC(N(C)CC2Cc3ccccc3S2)CC1. The number of benzene rings is 1. The second kappa shape index (κ2) is 6.50. The summed E-state index contributed by atoms with van der Waals surface area (Å²) in [5.41, 5.74) is 1.55. The number of nitrogens with zero attached hydrogens (tertiary/aromatic N) is 1. The average molecular weight is 290 g/mol. The summed E-state index contributed by atoms with van der Waals surface area (Å²) >= 11 is 2.08. The number of fused-ring (bicyclic) bond motifs is 1. The number of hydrogen-bond donors (Lipinski definition) is 1. The summed E-state index contributed by atoms with van der Waals surface area (Å²) in [7, 11) is 4.43. The molecule has 1 N–H and O–H groups in total. The van der Waals surface area contributed by atoms with Crippen LogP contribution in [-0.2, 0) is 6.42 Å². The first-order valence-electron chi connectivity index (χ1n) is 7.88. The Hall–Kier alpha value is -0.510. The van der Waals surface area contributed by atoms with Crippen molar-refractivity contribution < 1.29 is 0 Å². The highest BCUT2D eigenvalue weighted by Gasteiger charge is 2.27. The predicted molar refractivity (Wildman–Crippen MR) is 87.5 cm³/mol. The van der Waals surface area contributed by atoms with E-state index in [2.05, 4.69) is 60.3 Å². The zero-order chi connectivity index (χ0) is 13.9. The van der Waals surface area contributed by atoms with Gasteiger partial charge in [-0.3, -0.25) is 0 Å². The minimum atomic E-state index is 0.749. The lowest BCUT2D eigenvalue weighted by molar-refractivity contribution is 0.177. The second-order valence-electron chi connectivity index (χ2n) is 6.29. The molecular weight excluding hydrogens is 264 g/mol. The Morgan fingerprint density at radius 2 is 1.95 bits per heavy atom. The van der Waals surface area contributed by atoms with Gasteiger partial charge in [-0.1, -0.05) is 18.2 Å².